The fourth-order valence-corrected chi connectivity index (χ4v) is 4.94. The van der Waals surface area contributed by atoms with Crippen LogP contribution in [0, 0.1) is 11.8 Å². The van der Waals surface area contributed by atoms with Gasteiger partial charge < -0.3 is 10.6 Å². The van der Waals surface area contributed by atoms with Crippen molar-refractivity contribution in [1.82, 2.24) is 16.1 Å². The molecule has 0 radical (unpaired) electrons. The van der Waals surface area contributed by atoms with Gasteiger partial charge in [0.15, 0.2) is 0 Å². The Morgan fingerprint density at radius 2 is 1.48 bits per heavy atom. The molecular formula is C25H43N3O5. The fourth-order valence-electron chi connectivity index (χ4n) is 4.94. The minimum absolute atomic E-state index is 0.0464. The maximum atomic E-state index is 13.3. The molecule has 0 unspecified atom stereocenters. The van der Waals surface area contributed by atoms with Crippen LogP contribution in [-0.4, -0.2) is 42.2 Å². The largest absolute Gasteiger partial charge is 0.344 e. The van der Waals surface area contributed by atoms with Gasteiger partial charge in [-0.1, -0.05) is 71.1 Å². The summed E-state index contributed by atoms with van der Waals surface area (Å²) in [7, 11) is 0. The van der Waals surface area contributed by atoms with E-state index in [1.807, 2.05) is 6.92 Å². The smallest absolute Gasteiger partial charge is 0.313 e. The number of ketones is 1. The van der Waals surface area contributed by atoms with Gasteiger partial charge in [0.1, 0.15) is 6.04 Å². The highest BCUT2D eigenvalue weighted by Gasteiger charge is 2.33. The van der Waals surface area contributed by atoms with Crippen molar-refractivity contribution in [3.05, 3.63) is 0 Å². The lowest BCUT2D eigenvalue weighted by atomic mass is 9.84. The first-order valence-corrected chi connectivity index (χ1v) is 13.0. The highest BCUT2D eigenvalue weighted by molar-refractivity contribution is 6.38. The molecule has 2 fully saturated rings. The standard InChI is InChI=1S/C25H43N3O5/c1-3-5-16-20(22(29)25(32)28-33-4-2)26-24(31)21(17-18-12-8-6-9-13-18)27-23(30)19-14-10-7-11-15-19/h18-21H,3-17H2,1-2H3,(H,26,31)(H,27,30)(H,28,32)/t20-,21-/m0/s1. The highest BCUT2D eigenvalue weighted by Crippen LogP contribution is 2.28. The minimum Gasteiger partial charge on any atom is -0.344 e. The third-order valence-electron chi connectivity index (χ3n) is 6.92. The molecule has 0 saturated heterocycles. The molecule has 2 saturated carbocycles. The zero-order valence-corrected chi connectivity index (χ0v) is 20.5. The molecule has 0 bridgehead atoms. The molecule has 3 amide bonds. The Labute approximate surface area is 198 Å². The monoisotopic (exact) mass is 465 g/mol. The van der Waals surface area contributed by atoms with E-state index in [-0.39, 0.29) is 24.3 Å². The molecule has 0 heterocycles. The van der Waals surface area contributed by atoms with Crippen LogP contribution in [0.1, 0.15) is 104 Å². The predicted octanol–water partition coefficient (Wildman–Crippen LogP) is 3.33. The predicted molar refractivity (Wildman–Crippen MR) is 126 cm³/mol. The third kappa shape index (κ3) is 9.43. The van der Waals surface area contributed by atoms with Crippen molar-refractivity contribution < 1.29 is 24.0 Å². The molecular weight excluding hydrogens is 422 g/mol. The number of rotatable bonds is 13. The van der Waals surface area contributed by atoms with Crippen LogP contribution in [0.4, 0.5) is 0 Å². The molecule has 3 N–H and O–H groups in total. The van der Waals surface area contributed by atoms with Gasteiger partial charge in [-0.05, 0) is 38.5 Å². The van der Waals surface area contributed by atoms with E-state index in [4.69, 9.17) is 4.84 Å². The Kier molecular flexibility index (Phi) is 12.4. The topological polar surface area (TPSA) is 114 Å². The number of carbonyl (C=O) groups excluding carboxylic acids is 4. The molecule has 8 nitrogen and oxygen atoms in total. The lowest BCUT2D eigenvalue weighted by Gasteiger charge is -2.29. The van der Waals surface area contributed by atoms with Crippen LogP contribution in [0.5, 0.6) is 0 Å². The lowest BCUT2D eigenvalue weighted by Crippen LogP contribution is -2.55. The number of hydrogen-bond acceptors (Lipinski definition) is 5. The van der Waals surface area contributed by atoms with Crippen LogP contribution in [0.3, 0.4) is 0 Å². The number of hydrogen-bond donors (Lipinski definition) is 3. The zero-order valence-electron chi connectivity index (χ0n) is 20.5. The first kappa shape index (κ1) is 27.3. The van der Waals surface area contributed by atoms with Gasteiger partial charge in [-0.2, -0.15) is 0 Å². The fraction of sp³-hybridized carbons (Fsp3) is 0.840. The van der Waals surface area contributed by atoms with E-state index in [0.29, 0.717) is 25.2 Å². The Balaban J connectivity index is 2.08. The summed E-state index contributed by atoms with van der Waals surface area (Å²) in [6, 6.07) is -1.62. The van der Waals surface area contributed by atoms with E-state index in [0.717, 1.165) is 64.2 Å². The SMILES string of the molecule is CCCC[C@H](NC(=O)[C@H](CC1CCCCC1)NC(=O)C1CCCCC1)C(=O)C(=O)NOCC. The van der Waals surface area contributed by atoms with E-state index >= 15 is 0 Å². The molecule has 2 aliphatic rings. The second-order valence-corrected chi connectivity index (χ2v) is 9.57. The molecule has 8 heteroatoms. The van der Waals surface area contributed by atoms with E-state index in [2.05, 4.69) is 16.1 Å². The summed E-state index contributed by atoms with van der Waals surface area (Å²) in [4.78, 5) is 55.9. The van der Waals surface area contributed by atoms with Crippen LogP contribution >= 0.6 is 0 Å². The summed E-state index contributed by atoms with van der Waals surface area (Å²) >= 11 is 0. The second-order valence-electron chi connectivity index (χ2n) is 9.57. The summed E-state index contributed by atoms with van der Waals surface area (Å²) in [5.41, 5.74) is 2.12. The van der Waals surface area contributed by atoms with Gasteiger partial charge in [0, 0.05) is 5.92 Å². The van der Waals surface area contributed by atoms with E-state index in [1.165, 1.54) is 6.42 Å². The van der Waals surface area contributed by atoms with E-state index in [9.17, 15) is 19.2 Å². The van der Waals surface area contributed by atoms with Gasteiger partial charge >= 0.3 is 5.91 Å². The van der Waals surface area contributed by atoms with Crippen molar-refractivity contribution in [3.63, 3.8) is 0 Å². The first-order chi connectivity index (χ1) is 16.0. The van der Waals surface area contributed by atoms with Crippen LogP contribution < -0.4 is 16.1 Å². The maximum Gasteiger partial charge on any atom is 0.313 e. The van der Waals surface area contributed by atoms with Gasteiger partial charge in [-0.3, -0.25) is 24.0 Å². The number of hydroxylamine groups is 1. The Bertz CT molecular complexity index is 642. The Morgan fingerprint density at radius 1 is 0.848 bits per heavy atom. The average molecular weight is 466 g/mol. The van der Waals surface area contributed by atoms with Gasteiger partial charge in [0.25, 0.3) is 0 Å². The number of Topliss-reactive ketones (excluding diaryl/α,β-unsaturated/α-hetero) is 1. The second kappa shape index (κ2) is 15.0. The van der Waals surface area contributed by atoms with Crippen LogP contribution in [0.25, 0.3) is 0 Å². The summed E-state index contributed by atoms with van der Waals surface area (Å²) in [5, 5.41) is 5.80. The minimum atomic E-state index is -0.932. The summed E-state index contributed by atoms with van der Waals surface area (Å²) in [5.74, 6) is -1.68. The molecule has 2 aliphatic carbocycles. The summed E-state index contributed by atoms with van der Waals surface area (Å²) < 4.78 is 0. The van der Waals surface area contributed by atoms with Crippen molar-refractivity contribution >= 4 is 23.5 Å². The van der Waals surface area contributed by atoms with Crippen molar-refractivity contribution in [1.29, 1.82) is 0 Å². The number of nitrogens with one attached hydrogen (secondary N) is 3. The van der Waals surface area contributed by atoms with Crippen LogP contribution in [0.2, 0.25) is 0 Å². The molecule has 0 aliphatic heterocycles. The lowest BCUT2D eigenvalue weighted by molar-refractivity contribution is -0.147. The zero-order chi connectivity index (χ0) is 24.1. The number of carbonyl (C=O) groups is 4. The van der Waals surface area contributed by atoms with Gasteiger partial charge in [0.2, 0.25) is 17.6 Å². The summed E-state index contributed by atoms with van der Waals surface area (Å²) in [6.45, 7) is 3.92. The normalized spacial score (nSPS) is 19.3. The van der Waals surface area contributed by atoms with Crippen molar-refractivity contribution in [2.45, 2.75) is 116 Å². The van der Waals surface area contributed by atoms with Gasteiger partial charge in [0.05, 0.1) is 12.6 Å². The van der Waals surface area contributed by atoms with Crippen LogP contribution in [-0.2, 0) is 24.0 Å². The number of amides is 3. The van der Waals surface area contributed by atoms with Gasteiger partial charge in [-0.15, -0.1) is 0 Å². The quantitative estimate of drug-likeness (QED) is 0.285. The molecule has 0 aromatic carbocycles. The Hall–Kier alpha value is -1.96. The van der Waals surface area contributed by atoms with Crippen molar-refractivity contribution in [3.8, 4) is 0 Å². The van der Waals surface area contributed by atoms with Crippen molar-refractivity contribution in [2.75, 3.05) is 6.61 Å². The van der Waals surface area contributed by atoms with Crippen LogP contribution in [0.15, 0.2) is 0 Å². The molecule has 0 aromatic rings. The molecule has 188 valence electrons. The first-order valence-electron chi connectivity index (χ1n) is 13.0. The van der Waals surface area contributed by atoms with Gasteiger partial charge in [-0.25, -0.2) is 5.48 Å². The molecule has 0 aromatic heterocycles. The van der Waals surface area contributed by atoms with E-state index in [1.54, 1.807) is 6.92 Å². The molecule has 33 heavy (non-hydrogen) atoms. The average Bonchev–Trinajstić information content (AvgIpc) is 2.85. The molecule has 2 atom stereocenters. The number of unbranched alkanes of at least 4 members (excludes halogenated alkanes) is 1. The Morgan fingerprint density at radius 3 is 2.09 bits per heavy atom. The highest BCUT2D eigenvalue weighted by atomic mass is 16.6. The molecule has 0 spiro atoms. The third-order valence-corrected chi connectivity index (χ3v) is 6.92. The maximum absolute atomic E-state index is 13.3. The summed E-state index contributed by atoms with van der Waals surface area (Å²) in [6.07, 6.45) is 13.0. The molecule has 2 rings (SSSR count). The van der Waals surface area contributed by atoms with Crippen molar-refractivity contribution in [2.24, 2.45) is 11.8 Å². The van der Waals surface area contributed by atoms with E-state index < -0.39 is 23.8 Å².